The van der Waals surface area contributed by atoms with Crippen LogP contribution in [0, 0.1) is 5.92 Å². The zero-order chi connectivity index (χ0) is 19.6. The van der Waals surface area contributed by atoms with Crippen LogP contribution >= 0.6 is 0 Å². The van der Waals surface area contributed by atoms with Crippen LogP contribution in [0.3, 0.4) is 0 Å². The monoisotopic (exact) mass is 373 g/mol. The smallest absolute Gasteiger partial charge is 0.306 e. The van der Waals surface area contributed by atoms with Gasteiger partial charge < -0.3 is 19.8 Å². The molecule has 0 spiro atoms. The van der Waals surface area contributed by atoms with E-state index in [2.05, 4.69) is 0 Å². The van der Waals surface area contributed by atoms with E-state index in [1.165, 1.54) is 16.8 Å². The minimum absolute atomic E-state index is 0.0710. The molecule has 3 amide bonds. The van der Waals surface area contributed by atoms with Gasteiger partial charge in [0.2, 0.25) is 11.8 Å². The summed E-state index contributed by atoms with van der Waals surface area (Å²) in [4.78, 5) is 52.5. The van der Waals surface area contributed by atoms with Gasteiger partial charge in [0.05, 0.1) is 12.5 Å². The van der Waals surface area contributed by atoms with E-state index in [0.717, 1.165) is 5.56 Å². The topological polar surface area (TPSA) is 98.2 Å². The normalized spacial score (nSPS) is 17.0. The number of hydrogen-bond donors (Lipinski definition) is 1. The number of nitrogens with zero attached hydrogens (tertiary/aromatic N) is 3. The molecule has 0 saturated carbocycles. The van der Waals surface area contributed by atoms with Crippen molar-refractivity contribution < 1.29 is 24.3 Å². The van der Waals surface area contributed by atoms with Gasteiger partial charge in [0.1, 0.15) is 6.54 Å². The lowest BCUT2D eigenvalue weighted by Crippen LogP contribution is -2.47. The lowest BCUT2D eigenvalue weighted by Gasteiger charge is -2.31. The Bertz CT molecular complexity index is 770. The molecule has 0 atom stereocenters. The Balaban J connectivity index is 1.49. The highest BCUT2D eigenvalue weighted by atomic mass is 16.4. The van der Waals surface area contributed by atoms with Gasteiger partial charge in [-0.05, 0) is 24.5 Å². The second kappa shape index (κ2) is 7.77. The van der Waals surface area contributed by atoms with Crippen molar-refractivity contribution in [2.45, 2.75) is 19.4 Å². The number of fused-ring (bicyclic) bond motifs is 1. The number of likely N-dealkylation sites (N-methyl/N-ethyl adjacent to an activating group) is 1. The third kappa shape index (κ3) is 4.10. The molecule has 8 heteroatoms. The number of carbonyl (C=O) groups excluding carboxylic acids is 3. The second-order valence-corrected chi connectivity index (χ2v) is 7.06. The number of carboxylic acids is 1. The molecular weight excluding hydrogens is 350 g/mol. The van der Waals surface area contributed by atoms with Crippen molar-refractivity contribution in [1.82, 2.24) is 14.7 Å². The molecule has 144 valence electrons. The first-order valence-electron chi connectivity index (χ1n) is 8.98. The average Bonchev–Trinajstić information content (AvgIpc) is 2.97. The van der Waals surface area contributed by atoms with E-state index in [-0.39, 0.29) is 30.8 Å². The minimum atomic E-state index is -0.828. The quantitative estimate of drug-likeness (QED) is 0.807. The Kier molecular flexibility index (Phi) is 5.43. The van der Waals surface area contributed by atoms with Gasteiger partial charge in [0.25, 0.3) is 5.91 Å². The summed E-state index contributed by atoms with van der Waals surface area (Å²) in [5.41, 5.74) is 1.51. The lowest BCUT2D eigenvalue weighted by molar-refractivity contribution is -0.146. The summed E-state index contributed by atoms with van der Waals surface area (Å²) in [5, 5.41) is 9.02. The van der Waals surface area contributed by atoms with E-state index in [1.54, 1.807) is 17.0 Å². The Morgan fingerprint density at radius 3 is 2.48 bits per heavy atom. The zero-order valence-electron chi connectivity index (χ0n) is 15.3. The summed E-state index contributed by atoms with van der Waals surface area (Å²) in [7, 11) is 1.54. The SMILES string of the molecule is CN(CC(=O)N1CCC(C(=O)O)CC1)C(=O)CN1Cc2ccccc2C1=O. The fourth-order valence-electron chi connectivity index (χ4n) is 3.49. The highest BCUT2D eigenvalue weighted by molar-refractivity contribution is 6.00. The molecule has 0 aromatic heterocycles. The predicted octanol–water partition coefficient (Wildman–Crippen LogP) is 0.424. The standard InChI is InChI=1S/C19H23N3O5/c1-20(11-17(24)21-8-6-13(7-9-21)19(26)27)16(23)12-22-10-14-4-2-3-5-15(14)18(22)25/h2-5,13H,6-12H2,1H3,(H,26,27). The first-order valence-corrected chi connectivity index (χ1v) is 8.98. The Labute approximate surface area is 157 Å². The Morgan fingerprint density at radius 1 is 1.19 bits per heavy atom. The van der Waals surface area contributed by atoms with Gasteiger partial charge in [0, 0.05) is 32.2 Å². The average molecular weight is 373 g/mol. The number of aliphatic carboxylic acids is 1. The van der Waals surface area contributed by atoms with Crippen LogP contribution in [0.5, 0.6) is 0 Å². The molecule has 8 nitrogen and oxygen atoms in total. The second-order valence-electron chi connectivity index (χ2n) is 7.06. The molecule has 0 bridgehead atoms. The first kappa shape index (κ1) is 18.9. The molecule has 1 aromatic carbocycles. The highest BCUT2D eigenvalue weighted by Gasteiger charge is 2.31. The summed E-state index contributed by atoms with van der Waals surface area (Å²) in [5.74, 6) is -1.91. The van der Waals surface area contributed by atoms with Gasteiger partial charge in [0.15, 0.2) is 0 Å². The lowest BCUT2D eigenvalue weighted by atomic mass is 9.97. The maximum atomic E-state index is 12.4. The first-order chi connectivity index (χ1) is 12.9. The predicted molar refractivity (Wildman–Crippen MR) is 95.8 cm³/mol. The van der Waals surface area contributed by atoms with Crippen molar-refractivity contribution >= 4 is 23.7 Å². The number of rotatable bonds is 5. The fourth-order valence-corrected chi connectivity index (χ4v) is 3.49. The summed E-state index contributed by atoms with van der Waals surface area (Å²) < 4.78 is 0. The molecule has 0 unspecified atom stereocenters. The van der Waals surface area contributed by atoms with Crippen LogP contribution in [0.25, 0.3) is 0 Å². The van der Waals surface area contributed by atoms with Crippen molar-refractivity contribution in [3.05, 3.63) is 35.4 Å². The summed E-state index contributed by atoms with van der Waals surface area (Å²) in [6.07, 6.45) is 0.860. The van der Waals surface area contributed by atoms with E-state index in [4.69, 9.17) is 5.11 Å². The zero-order valence-corrected chi connectivity index (χ0v) is 15.3. The molecule has 1 aromatic rings. The van der Waals surface area contributed by atoms with Crippen molar-refractivity contribution in [3.8, 4) is 0 Å². The number of carbonyl (C=O) groups is 4. The van der Waals surface area contributed by atoms with Crippen molar-refractivity contribution in [2.75, 3.05) is 33.2 Å². The van der Waals surface area contributed by atoms with Gasteiger partial charge in [-0.3, -0.25) is 19.2 Å². The van der Waals surface area contributed by atoms with E-state index >= 15 is 0 Å². The molecule has 1 N–H and O–H groups in total. The van der Waals surface area contributed by atoms with E-state index in [1.807, 2.05) is 12.1 Å². The number of amides is 3. The maximum Gasteiger partial charge on any atom is 0.306 e. The van der Waals surface area contributed by atoms with Gasteiger partial charge in [-0.25, -0.2) is 0 Å². The molecule has 0 radical (unpaired) electrons. The number of likely N-dealkylation sites (tertiary alicyclic amines) is 1. The number of piperidine rings is 1. The number of hydrogen-bond acceptors (Lipinski definition) is 4. The summed E-state index contributed by atoms with van der Waals surface area (Å²) >= 11 is 0. The van der Waals surface area contributed by atoms with E-state index in [9.17, 15) is 19.2 Å². The van der Waals surface area contributed by atoms with Gasteiger partial charge in [-0.2, -0.15) is 0 Å². The molecule has 0 aliphatic carbocycles. The highest BCUT2D eigenvalue weighted by Crippen LogP contribution is 2.22. The summed E-state index contributed by atoms with van der Waals surface area (Å²) in [6.45, 7) is 1.02. The molecular formula is C19H23N3O5. The van der Waals surface area contributed by atoms with Crippen molar-refractivity contribution in [3.63, 3.8) is 0 Å². The van der Waals surface area contributed by atoms with Crippen LogP contribution in [0.15, 0.2) is 24.3 Å². The van der Waals surface area contributed by atoms with Crippen LogP contribution < -0.4 is 0 Å². The van der Waals surface area contributed by atoms with Crippen LogP contribution in [-0.4, -0.2) is 76.7 Å². The van der Waals surface area contributed by atoms with Crippen LogP contribution in [0.2, 0.25) is 0 Å². The van der Waals surface area contributed by atoms with Gasteiger partial charge >= 0.3 is 5.97 Å². The summed E-state index contributed by atoms with van der Waals surface area (Å²) in [6, 6.07) is 7.26. The maximum absolute atomic E-state index is 12.4. The third-order valence-corrected chi connectivity index (χ3v) is 5.22. The Hall–Kier alpha value is -2.90. The van der Waals surface area contributed by atoms with E-state index in [0.29, 0.717) is 38.0 Å². The number of carboxylic acid groups (broad SMARTS) is 1. The molecule has 3 rings (SSSR count). The van der Waals surface area contributed by atoms with Crippen LogP contribution in [0.1, 0.15) is 28.8 Å². The fraction of sp³-hybridized carbons (Fsp3) is 0.474. The van der Waals surface area contributed by atoms with Crippen molar-refractivity contribution in [2.24, 2.45) is 5.92 Å². The Morgan fingerprint density at radius 2 is 1.85 bits per heavy atom. The van der Waals surface area contributed by atoms with Crippen LogP contribution in [0.4, 0.5) is 0 Å². The van der Waals surface area contributed by atoms with Gasteiger partial charge in [-0.1, -0.05) is 18.2 Å². The number of benzene rings is 1. The molecule has 2 aliphatic rings. The third-order valence-electron chi connectivity index (χ3n) is 5.22. The largest absolute Gasteiger partial charge is 0.481 e. The van der Waals surface area contributed by atoms with Gasteiger partial charge in [-0.15, -0.1) is 0 Å². The molecule has 1 saturated heterocycles. The molecule has 1 fully saturated rings. The molecule has 2 heterocycles. The van der Waals surface area contributed by atoms with E-state index < -0.39 is 11.9 Å². The molecule has 27 heavy (non-hydrogen) atoms. The minimum Gasteiger partial charge on any atom is -0.481 e. The van der Waals surface area contributed by atoms with Crippen LogP contribution in [-0.2, 0) is 20.9 Å². The molecule has 2 aliphatic heterocycles. The van der Waals surface area contributed by atoms with Crippen molar-refractivity contribution in [1.29, 1.82) is 0 Å².